The molecule has 2 N–H and O–H groups in total. The summed E-state index contributed by atoms with van der Waals surface area (Å²) in [6.45, 7) is 2.09. The van der Waals surface area contributed by atoms with Crippen LogP contribution in [0.1, 0.15) is 29.7 Å². The second kappa shape index (κ2) is 13.3. The minimum absolute atomic E-state index is 0.193. The number of fused-ring (bicyclic) bond motifs is 2. The van der Waals surface area contributed by atoms with E-state index in [0.29, 0.717) is 17.3 Å². The molecule has 0 aliphatic carbocycles. The van der Waals surface area contributed by atoms with E-state index in [1.165, 1.54) is 42.4 Å². The number of rotatable bonds is 7. The number of halogens is 4. The molecule has 8 nitrogen and oxygen atoms in total. The largest absolute Gasteiger partial charge is 0.416 e. The van der Waals surface area contributed by atoms with E-state index in [1.807, 2.05) is 23.6 Å². The second-order valence-electron chi connectivity index (χ2n) is 9.53. The van der Waals surface area contributed by atoms with Crippen molar-refractivity contribution in [1.29, 1.82) is 0 Å². The maximum atomic E-state index is 13.2. The number of nitrogens with one attached hydrogen (secondary N) is 2. The summed E-state index contributed by atoms with van der Waals surface area (Å²) in [7, 11) is -3.24. The van der Waals surface area contributed by atoms with Gasteiger partial charge in [-0.15, -0.1) is 22.7 Å². The predicted octanol–water partition coefficient (Wildman–Crippen LogP) is 8.19. The van der Waals surface area contributed by atoms with Gasteiger partial charge in [-0.05, 0) is 70.3 Å². The molecule has 6 aromatic rings. The number of hydrogen-bond acceptors (Lipinski definition) is 10. The lowest BCUT2D eigenvalue weighted by molar-refractivity contribution is -0.138. The second-order valence-corrected chi connectivity index (χ2v) is 15.4. The van der Waals surface area contributed by atoms with Crippen molar-refractivity contribution in [3.63, 3.8) is 0 Å². The van der Waals surface area contributed by atoms with Crippen molar-refractivity contribution >= 4 is 87.2 Å². The van der Waals surface area contributed by atoms with Gasteiger partial charge in [0.1, 0.15) is 24.3 Å². The third-order valence-corrected chi connectivity index (χ3v) is 10.4. The highest BCUT2D eigenvalue weighted by atomic mass is 127. The molecular weight excluding hydrogens is 744 g/mol. The monoisotopic (exact) mass is 768 g/mol. The Morgan fingerprint density at radius 1 is 0.909 bits per heavy atom. The summed E-state index contributed by atoms with van der Waals surface area (Å²) >= 11 is 5.24. The van der Waals surface area contributed by atoms with Gasteiger partial charge in [0, 0.05) is 12.8 Å². The highest BCUT2D eigenvalue weighted by Crippen LogP contribution is 2.37. The van der Waals surface area contributed by atoms with Crippen LogP contribution >= 0.6 is 45.3 Å². The Bertz CT molecular complexity index is 2030. The lowest BCUT2D eigenvalue weighted by Gasteiger charge is -2.20. The summed E-state index contributed by atoms with van der Waals surface area (Å²) in [5, 5.41) is 8.23. The molecule has 0 aliphatic rings. The summed E-state index contributed by atoms with van der Waals surface area (Å²) in [5.74, 6) is 1.27. The Morgan fingerprint density at radius 2 is 1.59 bits per heavy atom. The normalized spacial score (nSPS) is 12.5. The molecule has 0 saturated heterocycles. The van der Waals surface area contributed by atoms with Gasteiger partial charge in [-0.2, -0.15) is 13.2 Å². The van der Waals surface area contributed by atoms with Crippen LogP contribution in [0.25, 0.3) is 20.4 Å². The minimum Gasteiger partial charge on any atom is -0.365 e. The van der Waals surface area contributed by atoms with Gasteiger partial charge in [0.2, 0.25) is 0 Å². The molecule has 6 rings (SSSR count). The molecule has 2 aromatic carbocycles. The van der Waals surface area contributed by atoms with Crippen LogP contribution in [0.15, 0.2) is 83.6 Å². The molecule has 0 fully saturated rings. The van der Waals surface area contributed by atoms with Gasteiger partial charge in [-0.3, -0.25) is 0 Å². The van der Waals surface area contributed by atoms with Crippen molar-refractivity contribution in [3.8, 4) is 0 Å². The molecule has 4 aromatic heterocycles. The van der Waals surface area contributed by atoms with E-state index in [0.717, 1.165) is 40.8 Å². The molecule has 1 atom stereocenters. The number of sulfone groups is 1. The molecular formula is C29H24F3IN6O2S3. The molecule has 15 heteroatoms. The molecule has 0 spiro atoms. The van der Waals surface area contributed by atoms with E-state index in [4.69, 9.17) is 0 Å². The van der Waals surface area contributed by atoms with E-state index in [2.05, 4.69) is 53.2 Å². The fourth-order valence-electron chi connectivity index (χ4n) is 4.45. The molecule has 0 saturated carbocycles. The lowest BCUT2D eigenvalue weighted by atomic mass is 10.0. The van der Waals surface area contributed by atoms with Gasteiger partial charge in [0.15, 0.2) is 9.84 Å². The molecule has 0 aliphatic heterocycles. The first kappa shape index (κ1) is 32.0. The van der Waals surface area contributed by atoms with Crippen molar-refractivity contribution in [1.82, 2.24) is 19.9 Å². The van der Waals surface area contributed by atoms with Crippen LogP contribution in [-0.4, -0.2) is 34.6 Å². The van der Waals surface area contributed by atoms with Crippen LogP contribution < -0.4 is 10.6 Å². The van der Waals surface area contributed by atoms with Gasteiger partial charge in [0.05, 0.1) is 39.8 Å². The number of nitrogens with zero attached hydrogens (tertiary/aromatic N) is 4. The zero-order valence-corrected chi connectivity index (χ0v) is 27.7. The van der Waals surface area contributed by atoms with Crippen LogP contribution in [0.2, 0.25) is 0 Å². The average molecular weight is 769 g/mol. The minimum atomic E-state index is -4.38. The van der Waals surface area contributed by atoms with Gasteiger partial charge in [0.25, 0.3) is 0 Å². The number of benzene rings is 2. The fraction of sp³-hybridized carbons (Fsp3) is 0.172. The van der Waals surface area contributed by atoms with Crippen molar-refractivity contribution in [2.75, 3.05) is 16.9 Å². The van der Waals surface area contributed by atoms with Crippen molar-refractivity contribution in [2.24, 2.45) is 0 Å². The fourth-order valence-corrected chi connectivity index (χ4v) is 7.95. The Balaban J connectivity index is 0.000000175. The Labute approximate surface area is 272 Å². The first-order valence-electron chi connectivity index (χ1n) is 12.9. The van der Waals surface area contributed by atoms with Crippen LogP contribution in [-0.2, 0) is 22.6 Å². The summed E-state index contributed by atoms with van der Waals surface area (Å²) in [4.78, 5) is 17.1. The van der Waals surface area contributed by atoms with Gasteiger partial charge in [-0.25, -0.2) is 28.4 Å². The van der Waals surface area contributed by atoms with Crippen LogP contribution in [0.5, 0.6) is 0 Å². The average Bonchev–Trinajstić information content (AvgIpc) is 3.62. The molecule has 228 valence electrons. The molecule has 44 heavy (non-hydrogen) atoms. The number of alkyl halides is 3. The lowest BCUT2D eigenvalue weighted by Crippen LogP contribution is -2.15. The maximum Gasteiger partial charge on any atom is 0.416 e. The van der Waals surface area contributed by atoms with E-state index in [-0.39, 0.29) is 5.56 Å². The number of thiophene rings is 2. The summed E-state index contributed by atoms with van der Waals surface area (Å²) in [6, 6.07) is 15.9. The molecule has 4 heterocycles. The number of hydrogen-bond donors (Lipinski definition) is 2. The number of anilines is 2. The Hall–Kier alpha value is -3.41. The van der Waals surface area contributed by atoms with Crippen LogP contribution in [0.4, 0.5) is 24.8 Å². The summed E-state index contributed by atoms with van der Waals surface area (Å²) < 4.78 is 65.9. The summed E-state index contributed by atoms with van der Waals surface area (Å²) in [5.41, 5.74) is 1.95. The first-order valence-corrected chi connectivity index (χ1v) is 17.6. The van der Waals surface area contributed by atoms with E-state index in [1.54, 1.807) is 42.5 Å². The van der Waals surface area contributed by atoms with E-state index >= 15 is 0 Å². The quantitative estimate of drug-likeness (QED) is 0.157. The van der Waals surface area contributed by atoms with E-state index < -0.39 is 27.6 Å². The third kappa shape index (κ3) is 7.44. The number of aromatic nitrogens is 4. The van der Waals surface area contributed by atoms with Gasteiger partial charge in [-0.1, -0.05) is 36.4 Å². The van der Waals surface area contributed by atoms with Gasteiger partial charge < -0.3 is 10.6 Å². The molecule has 0 bridgehead atoms. The first-order chi connectivity index (χ1) is 20.9. The highest BCUT2D eigenvalue weighted by Gasteiger charge is 2.34. The molecule has 0 radical (unpaired) electrons. The van der Waals surface area contributed by atoms with Crippen LogP contribution in [0.3, 0.4) is 0 Å². The van der Waals surface area contributed by atoms with Crippen molar-refractivity contribution < 1.29 is 21.6 Å². The zero-order chi connectivity index (χ0) is 31.5. The smallest absolute Gasteiger partial charge is 0.365 e. The molecule has 1 unspecified atom stereocenters. The maximum absolute atomic E-state index is 13.2. The topological polar surface area (TPSA) is 110 Å². The predicted molar refractivity (Wildman–Crippen MR) is 178 cm³/mol. The zero-order valence-electron chi connectivity index (χ0n) is 23.1. The Morgan fingerprint density at radius 3 is 2.34 bits per heavy atom. The standard InChI is InChI=1S/C15H11F3IN3S.C14H13N3O2S2/c1-8(9-4-2-3-5-10(9)15(16,17)18)22-14-13-11(20-7-21-14)6-12(19)23-13;1-21(18,19)12-5-3-2-4-10(12)8-15-14-13-11(6-7-20-13)16-9-17-14/h2-8H,1H3,(H,20,21,22);2-7,9H,8H2,1H3,(H,15,16,17). The molecule has 0 amide bonds. The van der Waals surface area contributed by atoms with Crippen LogP contribution in [0, 0.1) is 2.88 Å². The Kier molecular flexibility index (Phi) is 9.67. The van der Waals surface area contributed by atoms with Crippen molar-refractivity contribution in [2.45, 2.75) is 30.6 Å². The highest BCUT2D eigenvalue weighted by molar-refractivity contribution is 14.1. The third-order valence-electron chi connectivity index (χ3n) is 6.43. The van der Waals surface area contributed by atoms with Crippen molar-refractivity contribution in [3.05, 3.63) is 98.3 Å². The summed E-state index contributed by atoms with van der Waals surface area (Å²) in [6.07, 6.45) is -0.254. The van der Waals surface area contributed by atoms with Gasteiger partial charge >= 0.3 is 6.18 Å². The SMILES string of the molecule is CC(Nc1ncnc2cc(I)sc12)c1ccccc1C(F)(F)F.CS(=O)(=O)c1ccccc1CNc1ncnc2ccsc12. The van der Waals surface area contributed by atoms with E-state index in [9.17, 15) is 21.6 Å².